The maximum atomic E-state index is 12.0. The molecule has 0 aliphatic carbocycles. The number of sulfonamides is 1. The van der Waals surface area contributed by atoms with Crippen molar-refractivity contribution in [3.05, 3.63) is 17.0 Å². The number of nitrogens with one attached hydrogen (secondary N) is 1. The van der Waals surface area contributed by atoms with Crippen molar-refractivity contribution < 1.29 is 23.1 Å². The summed E-state index contributed by atoms with van der Waals surface area (Å²) < 4.78 is 31.8. The van der Waals surface area contributed by atoms with E-state index in [9.17, 15) is 13.2 Å². The Morgan fingerprint density at radius 2 is 2.10 bits per heavy atom. The van der Waals surface area contributed by atoms with E-state index in [0.29, 0.717) is 18.1 Å². The number of ether oxygens (including phenoxy) is 1. The Labute approximate surface area is 128 Å². The lowest BCUT2D eigenvalue weighted by Crippen LogP contribution is -2.28. The van der Waals surface area contributed by atoms with Gasteiger partial charge in [0, 0.05) is 18.0 Å². The molecule has 9 heteroatoms. The minimum Gasteiger partial charge on any atom is -0.481 e. The van der Waals surface area contributed by atoms with E-state index in [0.717, 1.165) is 17.9 Å². The smallest absolute Gasteiger partial charge is 0.308 e. The van der Waals surface area contributed by atoms with Gasteiger partial charge in [0.2, 0.25) is 10.0 Å². The van der Waals surface area contributed by atoms with Gasteiger partial charge in [0.05, 0.1) is 19.6 Å². The second kappa shape index (κ2) is 8.44. The van der Waals surface area contributed by atoms with Crippen LogP contribution in [0, 0.1) is 0 Å². The monoisotopic (exact) mass is 336 g/mol. The fraction of sp³-hybridized carbons (Fsp3) is 0.583. The zero-order valence-corrected chi connectivity index (χ0v) is 13.7. The Morgan fingerprint density at radius 3 is 2.71 bits per heavy atom. The number of carboxylic acids is 1. The molecule has 1 rings (SSSR count). The van der Waals surface area contributed by atoms with E-state index in [4.69, 9.17) is 9.84 Å². The van der Waals surface area contributed by atoms with Gasteiger partial charge in [-0.1, -0.05) is 0 Å². The fourth-order valence-corrected chi connectivity index (χ4v) is 3.82. The number of carboxylic acid groups (broad SMARTS) is 1. The number of rotatable bonds is 10. The predicted molar refractivity (Wildman–Crippen MR) is 80.2 cm³/mol. The maximum absolute atomic E-state index is 12.0. The van der Waals surface area contributed by atoms with Crippen LogP contribution in [0.2, 0.25) is 0 Å². The lowest BCUT2D eigenvalue weighted by Gasteiger charge is -2.10. The SMILES string of the molecule is CN(C)CCOCCNS(=O)(=O)c1ccc(CC(=O)O)s1. The number of carbonyl (C=O) groups is 1. The van der Waals surface area contributed by atoms with E-state index < -0.39 is 16.0 Å². The number of likely N-dealkylation sites (N-methyl/N-ethyl adjacent to an activating group) is 1. The van der Waals surface area contributed by atoms with Gasteiger partial charge in [-0.25, -0.2) is 13.1 Å². The van der Waals surface area contributed by atoms with Crippen molar-refractivity contribution in [2.45, 2.75) is 10.6 Å². The summed E-state index contributed by atoms with van der Waals surface area (Å²) >= 11 is 0.962. The first-order valence-electron chi connectivity index (χ1n) is 6.34. The molecule has 0 saturated heterocycles. The third-order valence-corrected chi connectivity index (χ3v) is 5.49. The minimum absolute atomic E-state index is 0.118. The second-order valence-corrected chi connectivity index (χ2v) is 7.77. The molecule has 0 aliphatic heterocycles. The molecule has 1 aromatic heterocycles. The summed E-state index contributed by atoms with van der Waals surface area (Å²) in [5, 5.41) is 8.66. The van der Waals surface area contributed by atoms with Gasteiger partial charge in [-0.15, -0.1) is 11.3 Å². The lowest BCUT2D eigenvalue weighted by molar-refractivity contribution is -0.136. The number of nitrogens with zero attached hydrogens (tertiary/aromatic N) is 1. The number of hydrogen-bond acceptors (Lipinski definition) is 6. The molecule has 0 spiro atoms. The summed E-state index contributed by atoms with van der Waals surface area (Å²) in [5.41, 5.74) is 0. The minimum atomic E-state index is -3.59. The standard InChI is InChI=1S/C12H20N2O5S2/c1-14(2)6-8-19-7-5-13-21(17,18)12-4-3-10(20-12)9-11(15)16/h3-4,13H,5-9H2,1-2H3,(H,15,16). The van der Waals surface area contributed by atoms with E-state index in [-0.39, 0.29) is 17.2 Å². The second-order valence-electron chi connectivity index (χ2n) is 4.60. The van der Waals surface area contributed by atoms with Crippen LogP contribution in [0.5, 0.6) is 0 Å². The Bertz CT molecular complexity index is 554. The highest BCUT2D eigenvalue weighted by Crippen LogP contribution is 2.21. The van der Waals surface area contributed by atoms with Crippen LogP contribution >= 0.6 is 11.3 Å². The molecule has 7 nitrogen and oxygen atoms in total. The molecule has 21 heavy (non-hydrogen) atoms. The summed E-state index contributed by atoms with van der Waals surface area (Å²) in [5.74, 6) is -0.983. The van der Waals surface area contributed by atoms with Gasteiger partial charge in [-0.2, -0.15) is 0 Å². The van der Waals surface area contributed by atoms with E-state index >= 15 is 0 Å². The van der Waals surface area contributed by atoms with Crippen molar-refractivity contribution in [1.82, 2.24) is 9.62 Å². The Kier molecular flexibility index (Phi) is 7.26. The van der Waals surface area contributed by atoms with Crippen LogP contribution in [0.15, 0.2) is 16.3 Å². The van der Waals surface area contributed by atoms with Crippen molar-refractivity contribution in [2.24, 2.45) is 0 Å². The fourth-order valence-electron chi connectivity index (χ4n) is 1.42. The number of hydrogen-bond donors (Lipinski definition) is 2. The van der Waals surface area contributed by atoms with Crippen LogP contribution in [0.1, 0.15) is 4.88 Å². The van der Waals surface area contributed by atoms with Crippen LogP contribution in [0.4, 0.5) is 0 Å². The molecule has 0 bridgehead atoms. The molecule has 0 unspecified atom stereocenters. The highest BCUT2D eigenvalue weighted by Gasteiger charge is 2.17. The van der Waals surface area contributed by atoms with E-state index in [1.165, 1.54) is 12.1 Å². The first kappa shape index (κ1) is 18.1. The zero-order chi connectivity index (χ0) is 15.9. The zero-order valence-electron chi connectivity index (χ0n) is 12.0. The first-order chi connectivity index (χ1) is 9.81. The molecule has 0 atom stereocenters. The van der Waals surface area contributed by atoms with Crippen molar-refractivity contribution in [1.29, 1.82) is 0 Å². The van der Waals surface area contributed by atoms with Crippen LogP contribution in [-0.2, 0) is 26.0 Å². The van der Waals surface area contributed by atoms with E-state index in [2.05, 4.69) is 4.72 Å². The van der Waals surface area contributed by atoms with Gasteiger partial charge in [0.1, 0.15) is 4.21 Å². The van der Waals surface area contributed by atoms with Crippen molar-refractivity contribution in [3.8, 4) is 0 Å². The maximum Gasteiger partial charge on any atom is 0.308 e. The lowest BCUT2D eigenvalue weighted by atomic mass is 10.3. The average Bonchev–Trinajstić information content (AvgIpc) is 2.81. The topological polar surface area (TPSA) is 95.9 Å². The molecule has 0 aliphatic rings. The largest absolute Gasteiger partial charge is 0.481 e. The summed E-state index contributed by atoms with van der Waals surface area (Å²) in [6, 6.07) is 2.93. The van der Waals surface area contributed by atoms with Crippen LogP contribution in [-0.4, -0.2) is 64.8 Å². The molecular weight excluding hydrogens is 316 g/mol. The quantitative estimate of drug-likeness (QED) is 0.594. The van der Waals surface area contributed by atoms with Crippen molar-refractivity contribution >= 4 is 27.3 Å². The normalized spacial score (nSPS) is 12.0. The third-order valence-electron chi connectivity index (χ3n) is 2.45. The Hall–Kier alpha value is -1.00. The third kappa shape index (κ3) is 7.00. The first-order valence-corrected chi connectivity index (χ1v) is 8.64. The van der Waals surface area contributed by atoms with E-state index in [1.807, 2.05) is 19.0 Å². The summed E-state index contributed by atoms with van der Waals surface area (Å²) in [4.78, 5) is 13.0. The molecular formula is C12H20N2O5S2. The van der Waals surface area contributed by atoms with Gasteiger partial charge in [-0.3, -0.25) is 4.79 Å². The molecule has 1 heterocycles. The molecule has 0 amide bonds. The summed E-state index contributed by atoms with van der Waals surface area (Å²) in [7, 11) is 0.263. The number of aliphatic carboxylic acids is 1. The average molecular weight is 336 g/mol. The molecule has 0 radical (unpaired) electrons. The molecule has 0 aromatic carbocycles. The molecule has 0 fully saturated rings. The van der Waals surface area contributed by atoms with Crippen molar-refractivity contribution in [2.75, 3.05) is 40.4 Å². The van der Waals surface area contributed by atoms with Gasteiger partial charge >= 0.3 is 5.97 Å². The van der Waals surface area contributed by atoms with Gasteiger partial charge < -0.3 is 14.7 Å². The highest BCUT2D eigenvalue weighted by molar-refractivity contribution is 7.91. The van der Waals surface area contributed by atoms with Gasteiger partial charge in [-0.05, 0) is 26.2 Å². The van der Waals surface area contributed by atoms with Crippen LogP contribution in [0.25, 0.3) is 0 Å². The molecule has 1 aromatic rings. The summed E-state index contributed by atoms with van der Waals surface area (Å²) in [6.07, 6.45) is -0.173. The predicted octanol–water partition coefficient (Wildman–Crippen LogP) is 0.232. The van der Waals surface area contributed by atoms with Gasteiger partial charge in [0.15, 0.2) is 0 Å². The van der Waals surface area contributed by atoms with Gasteiger partial charge in [0.25, 0.3) is 0 Å². The molecule has 2 N–H and O–H groups in total. The summed E-state index contributed by atoms with van der Waals surface area (Å²) in [6.45, 7) is 1.79. The number of thiophene rings is 1. The Morgan fingerprint density at radius 1 is 1.38 bits per heavy atom. The Balaban J connectivity index is 2.39. The van der Waals surface area contributed by atoms with E-state index in [1.54, 1.807) is 0 Å². The van der Waals surface area contributed by atoms with Crippen molar-refractivity contribution in [3.63, 3.8) is 0 Å². The highest BCUT2D eigenvalue weighted by atomic mass is 32.2. The molecule has 0 saturated carbocycles. The molecule has 120 valence electrons. The van der Waals surface area contributed by atoms with Crippen LogP contribution in [0.3, 0.4) is 0 Å². The van der Waals surface area contributed by atoms with Crippen LogP contribution < -0.4 is 4.72 Å².